The fourth-order valence-corrected chi connectivity index (χ4v) is 1.87. The van der Waals surface area contributed by atoms with Crippen LogP contribution < -0.4 is 20.1 Å². The Bertz CT molecular complexity index is 587. The fourth-order valence-electron chi connectivity index (χ4n) is 1.87. The number of carbonyl (C=O) groups excluding carboxylic acids is 2. The van der Waals surface area contributed by atoms with Crippen LogP contribution >= 0.6 is 0 Å². The molecule has 0 radical (unpaired) electrons. The third-order valence-electron chi connectivity index (χ3n) is 2.86. The minimum atomic E-state index is -5.09. The number of anilines is 1. The van der Waals surface area contributed by atoms with Gasteiger partial charge in [-0.1, -0.05) is 0 Å². The Hall–Kier alpha value is -2.45. The minimum Gasteiger partial charge on any atom is -0.493 e. The van der Waals surface area contributed by atoms with E-state index in [4.69, 9.17) is 15.2 Å². The number of benzene rings is 1. The van der Waals surface area contributed by atoms with Crippen molar-refractivity contribution < 1.29 is 32.2 Å². The molecule has 0 fully saturated rings. The van der Waals surface area contributed by atoms with Crippen LogP contribution in [0.5, 0.6) is 11.5 Å². The van der Waals surface area contributed by atoms with E-state index in [0.717, 1.165) is 12.1 Å². The number of carbonyl (C=O) groups is 2. The second-order valence-electron chi connectivity index (χ2n) is 4.14. The van der Waals surface area contributed by atoms with Crippen LogP contribution in [0.3, 0.4) is 0 Å². The summed E-state index contributed by atoms with van der Waals surface area (Å²) in [5.74, 6) is -2.93. The fraction of sp³-hybridized carbons (Fsp3) is 0.385. The number of alkyl halides is 3. The second-order valence-corrected chi connectivity index (χ2v) is 4.14. The number of methoxy groups -OCH3 is 2. The zero-order valence-corrected chi connectivity index (χ0v) is 12.2. The summed E-state index contributed by atoms with van der Waals surface area (Å²) in [4.78, 5) is 23.4. The van der Waals surface area contributed by atoms with Crippen LogP contribution in [0, 0.1) is 0 Å². The van der Waals surface area contributed by atoms with Crippen molar-refractivity contribution in [3.63, 3.8) is 0 Å². The summed E-state index contributed by atoms with van der Waals surface area (Å²) in [6.07, 6.45) is -5.09. The van der Waals surface area contributed by atoms with Gasteiger partial charge in [0.2, 0.25) is 0 Å². The zero-order valence-electron chi connectivity index (χ0n) is 12.2. The quantitative estimate of drug-likeness (QED) is 0.895. The molecule has 0 aliphatic rings. The molecule has 0 unspecified atom stereocenters. The van der Waals surface area contributed by atoms with Gasteiger partial charge in [0, 0.05) is 12.6 Å². The van der Waals surface area contributed by atoms with Gasteiger partial charge in [0.15, 0.2) is 11.5 Å². The lowest BCUT2D eigenvalue weighted by Gasteiger charge is -2.25. The number of primary amides is 1. The number of nitrogens with zero attached hydrogens (tertiary/aromatic N) is 1. The summed E-state index contributed by atoms with van der Waals surface area (Å²) in [5.41, 5.74) is 4.60. The number of hydrogen-bond acceptors (Lipinski definition) is 4. The maximum Gasteiger partial charge on any atom is 0.471 e. The van der Waals surface area contributed by atoms with E-state index in [1.807, 2.05) is 0 Å². The van der Waals surface area contributed by atoms with Crippen LogP contribution in [0.1, 0.15) is 17.3 Å². The molecule has 2 amide bonds. The lowest BCUT2D eigenvalue weighted by molar-refractivity contribution is -0.170. The first-order chi connectivity index (χ1) is 10.2. The standard InChI is InChI=1S/C13H15F3N2O4/c1-4-18(12(20)13(14,15)16)8-6-10(22-3)9(21-2)5-7(8)11(17)19/h5-6H,4H2,1-3H3,(H2,17,19). The highest BCUT2D eigenvalue weighted by Crippen LogP contribution is 2.36. The average Bonchev–Trinajstić information content (AvgIpc) is 2.45. The predicted octanol–water partition coefficient (Wildman–Crippen LogP) is 1.72. The molecule has 6 nitrogen and oxygen atoms in total. The summed E-state index contributed by atoms with van der Waals surface area (Å²) in [5, 5.41) is 0. The van der Waals surface area contributed by atoms with Crippen molar-refractivity contribution in [1.29, 1.82) is 0 Å². The van der Waals surface area contributed by atoms with Crippen molar-refractivity contribution in [3.8, 4) is 11.5 Å². The van der Waals surface area contributed by atoms with Gasteiger partial charge in [-0.2, -0.15) is 13.2 Å². The maximum atomic E-state index is 12.7. The topological polar surface area (TPSA) is 81.9 Å². The Morgan fingerprint density at radius 3 is 2.05 bits per heavy atom. The van der Waals surface area contributed by atoms with Crippen LogP contribution in [-0.4, -0.2) is 38.8 Å². The molecule has 22 heavy (non-hydrogen) atoms. The Morgan fingerprint density at radius 2 is 1.68 bits per heavy atom. The summed E-state index contributed by atoms with van der Waals surface area (Å²) in [6, 6.07) is 2.23. The van der Waals surface area contributed by atoms with Gasteiger partial charge in [-0.3, -0.25) is 9.59 Å². The van der Waals surface area contributed by atoms with Crippen molar-refractivity contribution in [3.05, 3.63) is 17.7 Å². The Kier molecular flexibility index (Phi) is 5.23. The van der Waals surface area contributed by atoms with Gasteiger partial charge in [-0.25, -0.2) is 0 Å². The summed E-state index contributed by atoms with van der Waals surface area (Å²) >= 11 is 0. The molecule has 0 aliphatic carbocycles. The van der Waals surface area contributed by atoms with E-state index in [1.165, 1.54) is 21.1 Å². The van der Waals surface area contributed by atoms with E-state index < -0.39 is 18.0 Å². The molecule has 2 N–H and O–H groups in total. The molecule has 0 aliphatic heterocycles. The normalized spacial score (nSPS) is 11.0. The van der Waals surface area contributed by atoms with E-state index in [1.54, 1.807) is 0 Å². The van der Waals surface area contributed by atoms with Crippen LogP contribution in [-0.2, 0) is 4.79 Å². The highest BCUT2D eigenvalue weighted by atomic mass is 19.4. The first-order valence-corrected chi connectivity index (χ1v) is 6.11. The molecule has 0 aromatic heterocycles. The molecule has 9 heteroatoms. The van der Waals surface area contributed by atoms with Crippen LogP contribution in [0.25, 0.3) is 0 Å². The Labute approximate surface area is 124 Å². The first kappa shape index (κ1) is 17.6. The highest BCUT2D eigenvalue weighted by molar-refractivity contribution is 6.06. The van der Waals surface area contributed by atoms with Gasteiger partial charge in [-0.05, 0) is 13.0 Å². The van der Waals surface area contributed by atoms with Gasteiger partial charge in [-0.15, -0.1) is 0 Å². The Balaban J connectivity index is 3.54. The molecule has 1 aromatic rings. The van der Waals surface area contributed by atoms with Crippen LogP contribution in [0.15, 0.2) is 12.1 Å². The molecule has 1 aromatic carbocycles. The number of amides is 2. The molecular formula is C13H15F3N2O4. The monoisotopic (exact) mass is 320 g/mol. The van der Waals surface area contributed by atoms with Gasteiger partial charge >= 0.3 is 12.1 Å². The van der Waals surface area contributed by atoms with Crippen molar-refractivity contribution in [2.75, 3.05) is 25.7 Å². The average molecular weight is 320 g/mol. The van der Waals surface area contributed by atoms with E-state index in [0.29, 0.717) is 4.90 Å². The third-order valence-corrected chi connectivity index (χ3v) is 2.86. The minimum absolute atomic E-state index is 0.0657. The largest absolute Gasteiger partial charge is 0.493 e. The van der Waals surface area contributed by atoms with E-state index in [9.17, 15) is 22.8 Å². The summed E-state index contributed by atoms with van der Waals surface area (Å²) < 4.78 is 47.9. The SMILES string of the molecule is CCN(C(=O)C(F)(F)F)c1cc(OC)c(OC)cc1C(N)=O. The summed E-state index contributed by atoms with van der Waals surface area (Å²) in [6.45, 7) is 1.03. The first-order valence-electron chi connectivity index (χ1n) is 6.11. The molecular weight excluding hydrogens is 305 g/mol. The molecule has 0 heterocycles. The van der Waals surface area contributed by atoms with Crippen LogP contribution in [0.4, 0.5) is 18.9 Å². The lowest BCUT2D eigenvalue weighted by Crippen LogP contribution is -2.42. The van der Waals surface area contributed by atoms with Gasteiger partial charge in [0.25, 0.3) is 5.91 Å². The lowest BCUT2D eigenvalue weighted by atomic mass is 10.1. The number of halogens is 3. The zero-order chi connectivity index (χ0) is 17.1. The molecule has 0 bridgehead atoms. The van der Waals surface area contributed by atoms with Gasteiger partial charge in [0.1, 0.15) is 0 Å². The molecule has 0 atom stereocenters. The molecule has 1 rings (SSSR count). The number of rotatable bonds is 5. The van der Waals surface area contributed by atoms with E-state index in [-0.39, 0.29) is 29.3 Å². The van der Waals surface area contributed by atoms with Crippen molar-refractivity contribution in [2.24, 2.45) is 5.73 Å². The van der Waals surface area contributed by atoms with Gasteiger partial charge in [0.05, 0.1) is 25.5 Å². The predicted molar refractivity (Wildman–Crippen MR) is 72.1 cm³/mol. The Morgan fingerprint density at radius 1 is 1.18 bits per heavy atom. The maximum absolute atomic E-state index is 12.7. The number of nitrogens with two attached hydrogens (primary N) is 1. The van der Waals surface area contributed by atoms with Crippen molar-refractivity contribution in [1.82, 2.24) is 0 Å². The second kappa shape index (κ2) is 6.54. The summed E-state index contributed by atoms with van der Waals surface area (Å²) in [7, 11) is 2.56. The van der Waals surface area contributed by atoms with Crippen molar-refractivity contribution >= 4 is 17.5 Å². The van der Waals surface area contributed by atoms with E-state index >= 15 is 0 Å². The molecule has 0 saturated carbocycles. The molecule has 0 saturated heterocycles. The van der Waals surface area contributed by atoms with Gasteiger partial charge < -0.3 is 20.1 Å². The van der Waals surface area contributed by atoms with Crippen molar-refractivity contribution in [2.45, 2.75) is 13.1 Å². The molecule has 122 valence electrons. The smallest absolute Gasteiger partial charge is 0.471 e. The molecule has 0 spiro atoms. The highest BCUT2D eigenvalue weighted by Gasteiger charge is 2.43. The van der Waals surface area contributed by atoms with Crippen LogP contribution in [0.2, 0.25) is 0 Å². The van der Waals surface area contributed by atoms with E-state index in [2.05, 4.69) is 0 Å². The third kappa shape index (κ3) is 3.41. The number of ether oxygens (including phenoxy) is 2. The number of hydrogen-bond donors (Lipinski definition) is 1.